The van der Waals surface area contributed by atoms with E-state index in [0.717, 1.165) is 58.5 Å². The largest absolute Gasteiger partial charge is 0.381 e. The fourth-order valence-corrected chi connectivity index (χ4v) is 4.00. The molecule has 0 unspecified atom stereocenters. The molecule has 0 aromatic carbocycles. The molecular weight excluding hydrogens is 346 g/mol. The van der Waals surface area contributed by atoms with Crippen molar-refractivity contribution in [3.63, 3.8) is 0 Å². The second-order valence-corrected chi connectivity index (χ2v) is 7.17. The number of carbonyl (C=O) groups is 2. The lowest BCUT2D eigenvalue weighted by molar-refractivity contribution is -0.130. The van der Waals surface area contributed by atoms with E-state index in [-0.39, 0.29) is 11.8 Å². The van der Waals surface area contributed by atoms with E-state index in [1.165, 1.54) is 12.4 Å². The van der Waals surface area contributed by atoms with Crippen LogP contribution < -0.4 is 5.32 Å². The van der Waals surface area contributed by atoms with Crippen LogP contribution in [-0.2, 0) is 9.53 Å². The average Bonchev–Trinajstić information content (AvgIpc) is 2.72. The Balaban J connectivity index is 1.55. The van der Waals surface area contributed by atoms with Crippen LogP contribution >= 0.6 is 0 Å². The summed E-state index contributed by atoms with van der Waals surface area (Å²) in [6, 6.07) is 0.915. The van der Waals surface area contributed by atoms with Gasteiger partial charge in [-0.2, -0.15) is 0 Å². The Hall–Kier alpha value is -2.06. The minimum atomic E-state index is -0.193. The molecule has 8 nitrogen and oxygen atoms in total. The molecule has 2 saturated heterocycles. The zero-order chi connectivity index (χ0) is 19.1. The van der Waals surface area contributed by atoms with Crippen molar-refractivity contribution in [3.8, 4) is 0 Å². The summed E-state index contributed by atoms with van der Waals surface area (Å²) in [6.45, 7) is 6.20. The lowest BCUT2D eigenvalue weighted by Crippen LogP contribution is -2.53. The SMILES string of the molecule is CC(=O)N1CCC(N(CCNC(=O)c2cnccn2)C2CCOCC2)CC1. The molecule has 2 aliphatic rings. The van der Waals surface area contributed by atoms with E-state index in [0.29, 0.717) is 24.3 Å². The van der Waals surface area contributed by atoms with E-state index in [9.17, 15) is 9.59 Å². The van der Waals surface area contributed by atoms with E-state index in [4.69, 9.17) is 4.74 Å². The Labute approximate surface area is 160 Å². The van der Waals surface area contributed by atoms with E-state index in [1.807, 2.05) is 4.90 Å². The van der Waals surface area contributed by atoms with E-state index in [2.05, 4.69) is 20.2 Å². The maximum atomic E-state index is 12.2. The Morgan fingerprint density at radius 3 is 2.52 bits per heavy atom. The smallest absolute Gasteiger partial charge is 0.271 e. The van der Waals surface area contributed by atoms with Crippen LogP contribution in [0.15, 0.2) is 18.6 Å². The van der Waals surface area contributed by atoms with Gasteiger partial charge in [-0.25, -0.2) is 4.98 Å². The summed E-state index contributed by atoms with van der Waals surface area (Å²) < 4.78 is 5.52. The number of likely N-dealkylation sites (tertiary alicyclic amines) is 1. The van der Waals surface area contributed by atoms with Crippen LogP contribution in [0.5, 0.6) is 0 Å². The van der Waals surface area contributed by atoms with Gasteiger partial charge in [0, 0.05) is 70.8 Å². The monoisotopic (exact) mass is 375 g/mol. The van der Waals surface area contributed by atoms with Gasteiger partial charge in [-0.3, -0.25) is 19.5 Å². The van der Waals surface area contributed by atoms with Gasteiger partial charge in [0.1, 0.15) is 5.69 Å². The van der Waals surface area contributed by atoms with E-state index in [1.54, 1.807) is 13.1 Å². The lowest BCUT2D eigenvalue weighted by atomic mass is 9.98. The molecule has 148 valence electrons. The molecule has 0 saturated carbocycles. The molecule has 0 radical (unpaired) electrons. The number of hydrogen-bond donors (Lipinski definition) is 1. The van der Waals surface area contributed by atoms with Crippen LogP contribution in [-0.4, -0.2) is 83.1 Å². The highest BCUT2D eigenvalue weighted by molar-refractivity contribution is 5.91. The first-order valence-electron chi connectivity index (χ1n) is 9.78. The molecule has 2 fully saturated rings. The number of aromatic nitrogens is 2. The number of amides is 2. The first-order valence-corrected chi connectivity index (χ1v) is 9.78. The molecule has 8 heteroatoms. The van der Waals surface area contributed by atoms with Crippen molar-refractivity contribution in [2.75, 3.05) is 39.4 Å². The number of carbonyl (C=O) groups excluding carboxylic acids is 2. The molecule has 1 aromatic heterocycles. The summed E-state index contributed by atoms with van der Waals surface area (Å²) in [5, 5.41) is 2.96. The molecule has 0 atom stereocenters. The van der Waals surface area contributed by atoms with Crippen LogP contribution in [0, 0.1) is 0 Å². The van der Waals surface area contributed by atoms with Gasteiger partial charge in [-0.15, -0.1) is 0 Å². The van der Waals surface area contributed by atoms with Gasteiger partial charge >= 0.3 is 0 Å². The van der Waals surface area contributed by atoms with E-state index < -0.39 is 0 Å². The number of nitrogens with zero attached hydrogens (tertiary/aromatic N) is 4. The van der Waals surface area contributed by atoms with Crippen LogP contribution in [0.2, 0.25) is 0 Å². The highest BCUT2D eigenvalue weighted by Gasteiger charge is 2.31. The van der Waals surface area contributed by atoms with Gasteiger partial charge in [-0.1, -0.05) is 0 Å². The maximum absolute atomic E-state index is 12.2. The summed E-state index contributed by atoms with van der Waals surface area (Å²) in [7, 11) is 0. The zero-order valence-electron chi connectivity index (χ0n) is 16.0. The van der Waals surface area contributed by atoms with Crippen LogP contribution in [0.25, 0.3) is 0 Å². The summed E-state index contributed by atoms with van der Waals surface area (Å²) in [5.41, 5.74) is 0.338. The van der Waals surface area contributed by atoms with Crippen molar-refractivity contribution < 1.29 is 14.3 Å². The Morgan fingerprint density at radius 1 is 1.19 bits per heavy atom. The van der Waals surface area contributed by atoms with Gasteiger partial charge in [0.2, 0.25) is 5.91 Å². The molecule has 3 rings (SSSR count). The molecular formula is C19H29N5O3. The van der Waals surface area contributed by atoms with Gasteiger partial charge in [0.25, 0.3) is 5.91 Å². The predicted molar refractivity (Wildman–Crippen MR) is 100 cm³/mol. The average molecular weight is 375 g/mol. The highest BCUT2D eigenvalue weighted by atomic mass is 16.5. The fourth-order valence-electron chi connectivity index (χ4n) is 4.00. The third-order valence-corrected chi connectivity index (χ3v) is 5.49. The van der Waals surface area contributed by atoms with Crippen LogP contribution in [0.4, 0.5) is 0 Å². The van der Waals surface area contributed by atoms with Gasteiger partial charge in [-0.05, 0) is 25.7 Å². The number of ether oxygens (including phenoxy) is 1. The minimum absolute atomic E-state index is 0.155. The molecule has 2 aliphatic heterocycles. The van der Waals surface area contributed by atoms with Crippen molar-refractivity contribution in [2.45, 2.75) is 44.7 Å². The van der Waals surface area contributed by atoms with Crippen molar-refractivity contribution in [2.24, 2.45) is 0 Å². The summed E-state index contributed by atoms with van der Waals surface area (Å²) in [4.78, 5) is 36.2. The number of hydrogen-bond acceptors (Lipinski definition) is 6. The van der Waals surface area contributed by atoms with Crippen LogP contribution in [0.3, 0.4) is 0 Å². The molecule has 1 N–H and O–H groups in total. The standard InChI is InChI=1S/C19H29N5O3/c1-15(25)23-9-2-16(3-10-23)24(17-4-12-27-13-5-17)11-8-22-19(26)18-14-20-6-7-21-18/h6-7,14,16-17H,2-5,8-13H2,1H3,(H,22,26). The Kier molecular flexibility index (Phi) is 7.11. The number of nitrogens with one attached hydrogen (secondary N) is 1. The van der Waals surface area contributed by atoms with Crippen molar-refractivity contribution in [3.05, 3.63) is 24.3 Å². The Morgan fingerprint density at radius 2 is 1.89 bits per heavy atom. The summed E-state index contributed by atoms with van der Waals surface area (Å²) in [6.07, 6.45) is 8.55. The third kappa shape index (κ3) is 5.46. The molecule has 1 aromatic rings. The molecule has 0 aliphatic carbocycles. The second-order valence-electron chi connectivity index (χ2n) is 7.17. The molecule has 0 bridgehead atoms. The quantitative estimate of drug-likeness (QED) is 0.787. The van der Waals surface area contributed by atoms with Crippen molar-refractivity contribution >= 4 is 11.8 Å². The van der Waals surface area contributed by atoms with E-state index >= 15 is 0 Å². The lowest BCUT2D eigenvalue weighted by Gasteiger charge is -2.43. The normalized spacial score (nSPS) is 19.3. The fraction of sp³-hybridized carbons (Fsp3) is 0.684. The first kappa shape index (κ1) is 19.7. The molecule has 3 heterocycles. The van der Waals surface area contributed by atoms with Gasteiger partial charge in [0.05, 0.1) is 6.20 Å². The van der Waals surface area contributed by atoms with Crippen LogP contribution in [0.1, 0.15) is 43.1 Å². The van der Waals surface area contributed by atoms with Gasteiger partial charge < -0.3 is 15.0 Å². The number of piperidine rings is 1. The molecule has 2 amide bonds. The first-order chi connectivity index (χ1) is 13.1. The maximum Gasteiger partial charge on any atom is 0.271 e. The predicted octanol–water partition coefficient (Wildman–Crippen LogP) is 0.698. The highest BCUT2D eigenvalue weighted by Crippen LogP contribution is 2.23. The topological polar surface area (TPSA) is 87.7 Å². The number of rotatable bonds is 6. The van der Waals surface area contributed by atoms with Crippen molar-refractivity contribution in [1.82, 2.24) is 25.1 Å². The van der Waals surface area contributed by atoms with Gasteiger partial charge in [0.15, 0.2) is 0 Å². The molecule has 0 spiro atoms. The summed E-state index contributed by atoms with van der Waals surface area (Å²) in [5.74, 6) is -0.0382. The second kappa shape index (κ2) is 9.75. The molecule has 27 heavy (non-hydrogen) atoms. The summed E-state index contributed by atoms with van der Waals surface area (Å²) >= 11 is 0. The minimum Gasteiger partial charge on any atom is -0.381 e. The van der Waals surface area contributed by atoms with Crippen molar-refractivity contribution in [1.29, 1.82) is 0 Å². The zero-order valence-corrected chi connectivity index (χ0v) is 16.0. The third-order valence-electron chi connectivity index (χ3n) is 5.49. The Bertz CT molecular complexity index is 613.